The maximum atomic E-state index is 12.1. The smallest absolute Gasteiger partial charge is 0.325 e. The fourth-order valence-electron chi connectivity index (χ4n) is 2.36. The Kier molecular flexibility index (Phi) is 8.87. The van der Waals surface area contributed by atoms with Crippen LogP contribution >= 0.6 is 0 Å². The third kappa shape index (κ3) is 7.28. The molecule has 0 bridgehead atoms. The number of amides is 2. The Bertz CT molecular complexity index is 919. The van der Waals surface area contributed by atoms with Gasteiger partial charge in [-0.1, -0.05) is 25.5 Å². The molecule has 0 atom stereocenters. The Balaban J connectivity index is 1.73. The van der Waals surface area contributed by atoms with Crippen molar-refractivity contribution in [2.45, 2.75) is 19.8 Å². The number of nitrogens with zero attached hydrogens (tertiary/aromatic N) is 1. The molecule has 0 radical (unpaired) electrons. The fraction of sp³-hybridized carbons (Fsp3) is 0.273. The van der Waals surface area contributed by atoms with E-state index in [2.05, 4.69) is 17.6 Å². The highest BCUT2D eigenvalue weighted by Gasteiger charge is 2.12. The number of hydrogen-bond acceptors (Lipinski definition) is 6. The van der Waals surface area contributed by atoms with Crippen LogP contribution in [0.2, 0.25) is 0 Å². The van der Waals surface area contributed by atoms with Crippen LogP contribution in [-0.2, 0) is 14.3 Å². The topological polar surface area (TPSA) is 118 Å². The lowest BCUT2D eigenvalue weighted by Gasteiger charge is -2.09. The van der Waals surface area contributed by atoms with Gasteiger partial charge < -0.3 is 20.1 Å². The molecule has 8 nitrogen and oxygen atoms in total. The van der Waals surface area contributed by atoms with Crippen LogP contribution in [0.5, 0.6) is 5.75 Å². The van der Waals surface area contributed by atoms with Crippen LogP contribution in [0.3, 0.4) is 0 Å². The highest BCUT2D eigenvalue weighted by atomic mass is 16.5. The van der Waals surface area contributed by atoms with Crippen LogP contribution in [0.1, 0.15) is 35.7 Å². The van der Waals surface area contributed by atoms with Crippen molar-refractivity contribution in [3.8, 4) is 11.8 Å². The molecule has 2 aromatic carbocycles. The van der Waals surface area contributed by atoms with Crippen LogP contribution in [-0.4, -0.2) is 37.5 Å². The summed E-state index contributed by atoms with van der Waals surface area (Å²) in [5.74, 6) is -1.12. The highest BCUT2D eigenvalue weighted by Crippen LogP contribution is 2.14. The summed E-state index contributed by atoms with van der Waals surface area (Å²) in [6.07, 6.45) is 1.98. The second-order valence-corrected chi connectivity index (χ2v) is 6.28. The Hall–Kier alpha value is -3.86. The molecule has 0 unspecified atom stereocenters. The number of nitrogens with one attached hydrogen (secondary N) is 2. The van der Waals surface area contributed by atoms with E-state index < -0.39 is 24.4 Å². The van der Waals surface area contributed by atoms with E-state index in [1.54, 1.807) is 48.5 Å². The zero-order chi connectivity index (χ0) is 21.8. The van der Waals surface area contributed by atoms with E-state index in [4.69, 9.17) is 14.7 Å². The summed E-state index contributed by atoms with van der Waals surface area (Å²) in [5.41, 5.74) is 0.999. The van der Waals surface area contributed by atoms with Crippen molar-refractivity contribution in [3.05, 3.63) is 59.7 Å². The zero-order valence-electron chi connectivity index (χ0n) is 16.6. The largest absolute Gasteiger partial charge is 0.494 e. The molecule has 0 fully saturated rings. The van der Waals surface area contributed by atoms with Gasteiger partial charge in [-0.05, 0) is 42.8 Å². The fourth-order valence-corrected chi connectivity index (χ4v) is 2.36. The van der Waals surface area contributed by atoms with Crippen LogP contribution in [0.4, 0.5) is 5.69 Å². The van der Waals surface area contributed by atoms with E-state index in [1.807, 2.05) is 6.07 Å². The van der Waals surface area contributed by atoms with Gasteiger partial charge in [-0.2, -0.15) is 5.26 Å². The number of rotatable bonds is 10. The van der Waals surface area contributed by atoms with Crippen molar-refractivity contribution in [3.63, 3.8) is 0 Å². The molecule has 0 aliphatic rings. The van der Waals surface area contributed by atoms with Gasteiger partial charge in [-0.25, -0.2) is 0 Å². The van der Waals surface area contributed by atoms with E-state index in [0.29, 0.717) is 29.2 Å². The summed E-state index contributed by atoms with van der Waals surface area (Å²) < 4.78 is 10.4. The average molecular weight is 409 g/mol. The number of ether oxygens (including phenoxy) is 2. The first-order chi connectivity index (χ1) is 14.5. The second-order valence-electron chi connectivity index (χ2n) is 6.28. The molecule has 2 aromatic rings. The van der Waals surface area contributed by atoms with Crippen molar-refractivity contribution in [2.24, 2.45) is 0 Å². The predicted octanol–water partition coefficient (Wildman–Crippen LogP) is 2.65. The quantitative estimate of drug-likeness (QED) is 0.460. The molecule has 2 rings (SSSR count). The first-order valence-corrected chi connectivity index (χ1v) is 9.49. The highest BCUT2D eigenvalue weighted by molar-refractivity contribution is 5.97. The average Bonchev–Trinajstić information content (AvgIpc) is 2.77. The van der Waals surface area contributed by atoms with Crippen LogP contribution in [0.15, 0.2) is 48.5 Å². The molecule has 0 heterocycles. The minimum Gasteiger partial charge on any atom is -0.494 e. The molecular formula is C22H23N3O5. The first-order valence-electron chi connectivity index (χ1n) is 9.49. The summed E-state index contributed by atoms with van der Waals surface area (Å²) in [6.45, 7) is 1.78. The molecule has 156 valence electrons. The molecule has 2 N–H and O–H groups in total. The minimum absolute atomic E-state index is 0.297. The summed E-state index contributed by atoms with van der Waals surface area (Å²) in [5, 5.41) is 13.9. The molecule has 2 amide bonds. The normalized spacial score (nSPS) is 9.87. The van der Waals surface area contributed by atoms with Crippen LogP contribution in [0.25, 0.3) is 0 Å². The Labute approximate surface area is 174 Å². The van der Waals surface area contributed by atoms with Crippen molar-refractivity contribution in [1.29, 1.82) is 5.26 Å². The monoisotopic (exact) mass is 409 g/mol. The lowest BCUT2D eigenvalue weighted by molar-refractivity contribution is -0.146. The van der Waals surface area contributed by atoms with Crippen molar-refractivity contribution in [2.75, 3.05) is 25.1 Å². The first kappa shape index (κ1) is 22.4. The summed E-state index contributed by atoms with van der Waals surface area (Å²) in [7, 11) is 0. The van der Waals surface area contributed by atoms with Gasteiger partial charge in [0.1, 0.15) is 18.4 Å². The number of hydrogen-bond donors (Lipinski definition) is 2. The lowest BCUT2D eigenvalue weighted by Crippen LogP contribution is -2.32. The van der Waals surface area contributed by atoms with Gasteiger partial charge in [0.25, 0.3) is 11.8 Å². The summed E-state index contributed by atoms with van der Waals surface area (Å²) in [6, 6.07) is 15.0. The molecule has 0 spiro atoms. The van der Waals surface area contributed by atoms with Crippen molar-refractivity contribution >= 4 is 23.5 Å². The van der Waals surface area contributed by atoms with E-state index in [9.17, 15) is 14.4 Å². The van der Waals surface area contributed by atoms with Gasteiger partial charge in [0.05, 0.1) is 17.9 Å². The van der Waals surface area contributed by atoms with E-state index in [-0.39, 0.29) is 6.54 Å². The third-order valence-electron chi connectivity index (χ3n) is 3.96. The van der Waals surface area contributed by atoms with Crippen LogP contribution in [0, 0.1) is 11.3 Å². The van der Waals surface area contributed by atoms with E-state index in [0.717, 1.165) is 12.8 Å². The lowest BCUT2D eigenvalue weighted by atomic mass is 10.2. The van der Waals surface area contributed by atoms with E-state index in [1.165, 1.54) is 0 Å². The number of para-hydroxylation sites is 1. The summed E-state index contributed by atoms with van der Waals surface area (Å²) in [4.78, 5) is 35.7. The molecule has 30 heavy (non-hydrogen) atoms. The number of esters is 1. The number of unbranched alkanes of at least 4 members (excludes halogenated alkanes) is 1. The van der Waals surface area contributed by atoms with Gasteiger partial charge in [-0.15, -0.1) is 0 Å². The minimum atomic E-state index is -0.758. The maximum absolute atomic E-state index is 12.1. The van der Waals surface area contributed by atoms with Gasteiger partial charge in [0, 0.05) is 5.56 Å². The van der Waals surface area contributed by atoms with Crippen LogP contribution < -0.4 is 15.4 Å². The number of carbonyl (C=O) groups excluding carboxylic acids is 3. The Morgan fingerprint density at radius 2 is 1.80 bits per heavy atom. The molecule has 0 aromatic heterocycles. The number of anilines is 1. The predicted molar refractivity (Wildman–Crippen MR) is 110 cm³/mol. The second kappa shape index (κ2) is 11.9. The zero-order valence-corrected chi connectivity index (χ0v) is 16.6. The maximum Gasteiger partial charge on any atom is 0.325 e. The van der Waals surface area contributed by atoms with Crippen molar-refractivity contribution < 1.29 is 23.9 Å². The van der Waals surface area contributed by atoms with Gasteiger partial charge in [0.15, 0.2) is 6.61 Å². The number of carbonyl (C=O) groups is 3. The molecular weight excluding hydrogens is 386 g/mol. The number of benzene rings is 2. The SMILES string of the molecule is CCCCOc1ccc(C(=O)NCC(=O)OCC(=O)Nc2ccccc2C#N)cc1. The van der Waals surface area contributed by atoms with Gasteiger partial charge in [0.2, 0.25) is 0 Å². The number of nitriles is 1. The molecule has 0 saturated carbocycles. The van der Waals surface area contributed by atoms with Crippen molar-refractivity contribution in [1.82, 2.24) is 5.32 Å². The standard InChI is InChI=1S/C22H23N3O5/c1-2-3-12-29-18-10-8-16(9-11-18)22(28)24-14-21(27)30-15-20(26)25-19-7-5-4-6-17(19)13-23/h4-11H,2-3,12,14-15H2,1H3,(H,24,28)(H,25,26). The van der Waals surface area contributed by atoms with Gasteiger partial charge >= 0.3 is 5.97 Å². The summed E-state index contributed by atoms with van der Waals surface area (Å²) >= 11 is 0. The molecule has 0 aliphatic carbocycles. The molecule has 8 heteroatoms. The molecule has 0 saturated heterocycles. The molecule has 0 aliphatic heterocycles. The third-order valence-corrected chi connectivity index (χ3v) is 3.96. The van der Waals surface area contributed by atoms with E-state index >= 15 is 0 Å². The Morgan fingerprint density at radius 1 is 1.07 bits per heavy atom. The van der Waals surface area contributed by atoms with Gasteiger partial charge in [-0.3, -0.25) is 14.4 Å². The Morgan fingerprint density at radius 3 is 2.50 bits per heavy atom.